The van der Waals surface area contributed by atoms with Gasteiger partial charge < -0.3 is 15.2 Å². The van der Waals surface area contributed by atoms with Gasteiger partial charge in [-0.2, -0.15) is 0 Å². The molecule has 4 nitrogen and oxygen atoms in total. The molecule has 0 aromatic heterocycles. The van der Waals surface area contributed by atoms with Crippen molar-refractivity contribution >= 4 is 11.7 Å². The minimum Gasteiger partial charge on any atom is -0.478 e. The van der Waals surface area contributed by atoms with Crippen molar-refractivity contribution in [2.75, 3.05) is 25.1 Å². The molecule has 1 atom stereocenters. The van der Waals surface area contributed by atoms with Crippen LogP contribution in [0.15, 0.2) is 18.2 Å². The zero-order chi connectivity index (χ0) is 12.5. The number of carbonyl (C=O) groups is 1. The molecule has 96 valence electrons. The highest BCUT2D eigenvalue weighted by Gasteiger charge is 2.31. The Labute approximate surface area is 106 Å². The molecule has 1 unspecified atom stereocenters. The molecule has 18 heavy (non-hydrogen) atoms. The molecule has 0 bridgehead atoms. The van der Waals surface area contributed by atoms with E-state index in [0.29, 0.717) is 17.4 Å². The van der Waals surface area contributed by atoms with E-state index in [2.05, 4.69) is 5.32 Å². The van der Waals surface area contributed by atoms with E-state index in [4.69, 9.17) is 9.84 Å². The third-order valence-corrected chi connectivity index (χ3v) is 4.05. The Morgan fingerprint density at radius 3 is 2.83 bits per heavy atom. The van der Waals surface area contributed by atoms with Crippen molar-refractivity contribution in [3.63, 3.8) is 0 Å². The number of ether oxygens (including phenoxy) is 1. The lowest BCUT2D eigenvalue weighted by molar-refractivity contribution is 0.0596. The van der Waals surface area contributed by atoms with Crippen molar-refractivity contribution in [3.05, 3.63) is 29.3 Å². The van der Waals surface area contributed by atoms with Crippen LogP contribution in [0.2, 0.25) is 0 Å². The van der Waals surface area contributed by atoms with Crippen LogP contribution in [0.3, 0.4) is 0 Å². The number of hydrogen-bond donors (Lipinski definition) is 2. The number of hydrogen-bond acceptors (Lipinski definition) is 3. The monoisotopic (exact) mass is 247 g/mol. The Hall–Kier alpha value is -1.55. The van der Waals surface area contributed by atoms with Crippen LogP contribution >= 0.6 is 0 Å². The lowest BCUT2D eigenvalue weighted by Gasteiger charge is -2.27. The minimum absolute atomic E-state index is 0.384. The van der Waals surface area contributed by atoms with Gasteiger partial charge in [0.2, 0.25) is 0 Å². The summed E-state index contributed by atoms with van der Waals surface area (Å²) >= 11 is 0. The number of aromatic carboxylic acids is 1. The van der Waals surface area contributed by atoms with Crippen LogP contribution < -0.4 is 5.32 Å². The van der Waals surface area contributed by atoms with Crippen molar-refractivity contribution in [1.29, 1.82) is 0 Å². The molecule has 0 aliphatic carbocycles. The Morgan fingerprint density at radius 2 is 2.11 bits per heavy atom. The van der Waals surface area contributed by atoms with Crippen LogP contribution in [0, 0.1) is 5.92 Å². The minimum atomic E-state index is -0.851. The fourth-order valence-corrected chi connectivity index (χ4v) is 3.03. The second-order valence-corrected chi connectivity index (χ2v) is 5.04. The maximum atomic E-state index is 11.0. The first-order valence-electron chi connectivity index (χ1n) is 6.44. The molecule has 3 rings (SSSR count). The van der Waals surface area contributed by atoms with Crippen LogP contribution in [0.4, 0.5) is 5.69 Å². The van der Waals surface area contributed by atoms with Crippen LogP contribution in [0.25, 0.3) is 0 Å². The fraction of sp³-hybridized carbons (Fsp3) is 0.500. The summed E-state index contributed by atoms with van der Waals surface area (Å²) < 4.78 is 5.39. The van der Waals surface area contributed by atoms with Crippen molar-refractivity contribution < 1.29 is 14.6 Å². The SMILES string of the molecule is O=C(O)c1ccc2c(c1)C(C1CCOCC1)CN2. The first-order chi connectivity index (χ1) is 8.75. The number of carboxylic acid groups (broad SMARTS) is 1. The summed E-state index contributed by atoms with van der Waals surface area (Å²) in [6, 6.07) is 5.39. The van der Waals surface area contributed by atoms with Gasteiger partial charge >= 0.3 is 5.97 Å². The van der Waals surface area contributed by atoms with Gasteiger partial charge in [0, 0.05) is 31.4 Å². The highest BCUT2D eigenvalue weighted by Crippen LogP contribution is 2.40. The average Bonchev–Trinajstić information content (AvgIpc) is 2.82. The van der Waals surface area contributed by atoms with E-state index in [1.807, 2.05) is 12.1 Å². The van der Waals surface area contributed by atoms with E-state index >= 15 is 0 Å². The molecule has 2 N–H and O–H groups in total. The summed E-state index contributed by atoms with van der Waals surface area (Å²) in [5, 5.41) is 12.5. The molecule has 0 saturated carbocycles. The number of carboxylic acids is 1. The smallest absolute Gasteiger partial charge is 0.335 e. The van der Waals surface area contributed by atoms with Crippen molar-refractivity contribution in [3.8, 4) is 0 Å². The summed E-state index contributed by atoms with van der Waals surface area (Å²) in [5.74, 6) is 0.190. The van der Waals surface area contributed by atoms with Gasteiger partial charge in [0.1, 0.15) is 0 Å². The van der Waals surface area contributed by atoms with Gasteiger partial charge in [-0.15, -0.1) is 0 Å². The molecule has 4 heteroatoms. The summed E-state index contributed by atoms with van der Waals surface area (Å²) in [5.41, 5.74) is 2.65. The number of fused-ring (bicyclic) bond motifs is 1. The van der Waals surface area contributed by atoms with E-state index in [9.17, 15) is 4.79 Å². The molecular weight excluding hydrogens is 230 g/mol. The van der Waals surface area contributed by atoms with E-state index in [0.717, 1.165) is 38.3 Å². The highest BCUT2D eigenvalue weighted by atomic mass is 16.5. The predicted octanol–water partition coefficient (Wildman–Crippen LogP) is 2.32. The van der Waals surface area contributed by atoms with Gasteiger partial charge in [-0.05, 0) is 42.5 Å². The second-order valence-electron chi connectivity index (χ2n) is 5.04. The topological polar surface area (TPSA) is 58.6 Å². The van der Waals surface area contributed by atoms with Crippen LogP contribution in [-0.2, 0) is 4.74 Å². The Kier molecular flexibility index (Phi) is 2.96. The lowest BCUT2D eigenvalue weighted by Crippen LogP contribution is -2.23. The van der Waals surface area contributed by atoms with Gasteiger partial charge in [0.05, 0.1) is 5.56 Å². The average molecular weight is 247 g/mol. The Bertz CT molecular complexity index is 466. The molecule has 2 aliphatic rings. The molecule has 1 fully saturated rings. The van der Waals surface area contributed by atoms with Crippen molar-refractivity contribution in [1.82, 2.24) is 0 Å². The van der Waals surface area contributed by atoms with E-state index in [1.54, 1.807) is 6.07 Å². The molecule has 2 aliphatic heterocycles. The predicted molar refractivity (Wildman–Crippen MR) is 68.2 cm³/mol. The number of nitrogens with one attached hydrogen (secondary N) is 1. The molecular formula is C14H17NO3. The van der Waals surface area contributed by atoms with Crippen LogP contribution in [-0.4, -0.2) is 30.8 Å². The highest BCUT2D eigenvalue weighted by molar-refractivity contribution is 5.88. The zero-order valence-electron chi connectivity index (χ0n) is 10.2. The molecule has 2 heterocycles. The molecule has 0 spiro atoms. The zero-order valence-corrected chi connectivity index (χ0v) is 10.2. The maximum absolute atomic E-state index is 11.0. The van der Waals surface area contributed by atoms with Gasteiger partial charge in [-0.1, -0.05) is 0 Å². The van der Waals surface area contributed by atoms with Gasteiger partial charge in [0.15, 0.2) is 0 Å². The third-order valence-electron chi connectivity index (χ3n) is 4.05. The first-order valence-corrected chi connectivity index (χ1v) is 6.44. The quantitative estimate of drug-likeness (QED) is 0.842. The number of rotatable bonds is 2. The standard InChI is InChI=1S/C14H17NO3/c16-14(17)10-1-2-13-11(7-10)12(8-15-13)9-3-5-18-6-4-9/h1-2,7,9,12,15H,3-6,8H2,(H,16,17). The summed E-state index contributed by atoms with van der Waals surface area (Å²) in [4.78, 5) is 11.0. The fourth-order valence-electron chi connectivity index (χ4n) is 3.03. The molecule has 1 aromatic carbocycles. The third kappa shape index (κ3) is 1.97. The molecule has 0 amide bonds. The van der Waals surface area contributed by atoms with Gasteiger partial charge in [-0.3, -0.25) is 0 Å². The lowest BCUT2D eigenvalue weighted by atomic mass is 9.82. The Morgan fingerprint density at radius 1 is 1.33 bits per heavy atom. The first kappa shape index (κ1) is 11.5. The molecule has 1 aromatic rings. The summed E-state index contributed by atoms with van der Waals surface area (Å²) in [7, 11) is 0. The van der Waals surface area contributed by atoms with Crippen LogP contribution in [0.1, 0.15) is 34.7 Å². The summed E-state index contributed by atoms with van der Waals surface area (Å²) in [6.45, 7) is 2.58. The van der Waals surface area contributed by atoms with E-state index in [1.165, 1.54) is 5.56 Å². The largest absolute Gasteiger partial charge is 0.478 e. The molecule has 0 radical (unpaired) electrons. The van der Waals surface area contributed by atoms with Gasteiger partial charge in [-0.25, -0.2) is 4.79 Å². The molecule has 1 saturated heterocycles. The second kappa shape index (κ2) is 4.61. The maximum Gasteiger partial charge on any atom is 0.335 e. The van der Waals surface area contributed by atoms with Crippen molar-refractivity contribution in [2.24, 2.45) is 5.92 Å². The number of anilines is 1. The van der Waals surface area contributed by atoms with Gasteiger partial charge in [0.25, 0.3) is 0 Å². The normalized spacial score (nSPS) is 23.4. The summed E-state index contributed by atoms with van der Waals surface area (Å²) in [6.07, 6.45) is 2.15. The number of benzene rings is 1. The van der Waals surface area contributed by atoms with E-state index in [-0.39, 0.29) is 0 Å². The van der Waals surface area contributed by atoms with Crippen LogP contribution in [0.5, 0.6) is 0 Å². The Balaban J connectivity index is 1.89. The van der Waals surface area contributed by atoms with E-state index < -0.39 is 5.97 Å². The van der Waals surface area contributed by atoms with Crippen molar-refractivity contribution in [2.45, 2.75) is 18.8 Å².